The van der Waals surface area contributed by atoms with Gasteiger partial charge in [-0.1, -0.05) is 109 Å². The highest BCUT2D eigenvalue weighted by Gasteiger charge is 2.26. The summed E-state index contributed by atoms with van der Waals surface area (Å²) in [5, 5.41) is 5.69. The Labute approximate surface area is 218 Å². The Bertz CT molecular complexity index is 1600. The highest BCUT2D eigenvalue weighted by Crippen LogP contribution is 2.39. The summed E-state index contributed by atoms with van der Waals surface area (Å²) < 4.78 is 32.6. The van der Waals surface area contributed by atoms with Gasteiger partial charge in [0.15, 0.2) is 0 Å². The Morgan fingerprint density at radius 1 is 0.676 bits per heavy atom. The van der Waals surface area contributed by atoms with Crippen LogP contribution in [0.25, 0.3) is 10.8 Å². The number of hydrogen-bond donors (Lipinski definition) is 1. The summed E-state index contributed by atoms with van der Waals surface area (Å²) in [5.74, 6) is 0.306. The monoisotopic (exact) mass is 507 g/mol. The molecule has 0 spiro atoms. The van der Waals surface area contributed by atoms with Gasteiger partial charge in [0.25, 0.3) is 0 Å². The molecule has 5 heteroatoms. The van der Waals surface area contributed by atoms with Gasteiger partial charge in [0.05, 0.1) is 6.04 Å². The van der Waals surface area contributed by atoms with Crippen LogP contribution in [0.2, 0.25) is 0 Å². The molecule has 0 bridgehead atoms. The van der Waals surface area contributed by atoms with Crippen molar-refractivity contribution < 1.29 is 12.6 Å². The summed E-state index contributed by atoms with van der Waals surface area (Å²) in [4.78, 5) is 0.124. The fraction of sp³-hybridized carbons (Fsp3) is 0.125. The van der Waals surface area contributed by atoms with Crippen LogP contribution in [0.1, 0.15) is 41.3 Å². The van der Waals surface area contributed by atoms with Crippen LogP contribution in [0.4, 0.5) is 0 Å². The highest BCUT2D eigenvalue weighted by atomic mass is 32.2. The molecule has 0 aromatic heterocycles. The van der Waals surface area contributed by atoms with Crippen molar-refractivity contribution in [2.24, 2.45) is 0 Å². The largest absolute Gasteiger partial charge is 0.379 e. The number of aryl methyl sites for hydroxylation is 1. The number of rotatable bonds is 8. The van der Waals surface area contributed by atoms with Crippen molar-refractivity contribution >= 4 is 20.9 Å². The maximum Gasteiger partial charge on any atom is 0.339 e. The SMILES string of the molecule is Cc1ccc(S(=O)(=O)Oc2ccc3ccccc3c2[C@@H](N[C@@H](C)c2ccccc2)c2ccccc2)cc1. The lowest BCUT2D eigenvalue weighted by molar-refractivity contribution is 0.469. The van der Waals surface area contributed by atoms with Crippen LogP contribution in [-0.4, -0.2) is 8.42 Å². The molecule has 0 heterocycles. The molecule has 37 heavy (non-hydrogen) atoms. The van der Waals surface area contributed by atoms with Crippen LogP contribution in [0, 0.1) is 6.92 Å². The van der Waals surface area contributed by atoms with E-state index in [1.807, 2.05) is 73.7 Å². The van der Waals surface area contributed by atoms with Crippen molar-refractivity contribution in [3.05, 3.63) is 144 Å². The molecule has 0 amide bonds. The molecule has 0 fully saturated rings. The third-order valence-electron chi connectivity index (χ3n) is 6.58. The van der Waals surface area contributed by atoms with E-state index in [-0.39, 0.29) is 17.0 Å². The Kier molecular flexibility index (Phi) is 7.08. The van der Waals surface area contributed by atoms with E-state index in [2.05, 4.69) is 36.5 Å². The molecule has 4 nitrogen and oxygen atoms in total. The van der Waals surface area contributed by atoms with Crippen molar-refractivity contribution in [3.8, 4) is 5.75 Å². The van der Waals surface area contributed by atoms with E-state index in [1.165, 1.54) is 0 Å². The van der Waals surface area contributed by atoms with Gasteiger partial charge in [-0.25, -0.2) is 0 Å². The Morgan fingerprint density at radius 3 is 1.95 bits per heavy atom. The molecule has 0 unspecified atom stereocenters. The summed E-state index contributed by atoms with van der Waals surface area (Å²) in [6.45, 7) is 4.03. The van der Waals surface area contributed by atoms with E-state index in [0.29, 0.717) is 5.75 Å². The summed E-state index contributed by atoms with van der Waals surface area (Å²) in [6, 6.07) is 38.3. The molecule has 5 rings (SSSR count). The normalized spacial score (nSPS) is 13.2. The fourth-order valence-electron chi connectivity index (χ4n) is 4.60. The van der Waals surface area contributed by atoms with Crippen molar-refractivity contribution in [2.45, 2.75) is 30.8 Å². The first-order chi connectivity index (χ1) is 17.9. The van der Waals surface area contributed by atoms with Crippen LogP contribution in [0.5, 0.6) is 5.75 Å². The summed E-state index contributed by atoms with van der Waals surface area (Å²) in [5.41, 5.74) is 3.91. The molecule has 2 atom stereocenters. The van der Waals surface area contributed by atoms with Crippen molar-refractivity contribution in [2.75, 3.05) is 0 Å². The van der Waals surface area contributed by atoms with Crippen molar-refractivity contribution in [1.82, 2.24) is 5.32 Å². The minimum absolute atomic E-state index is 0.00747. The number of nitrogens with one attached hydrogen (secondary N) is 1. The maximum atomic E-state index is 13.4. The Balaban J connectivity index is 1.66. The predicted octanol–water partition coefficient (Wildman–Crippen LogP) is 7.36. The van der Waals surface area contributed by atoms with E-state index in [1.54, 1.807) is 30.3 Å². The minimum Gasteiger partial charge on any atom is -0.379 e. The zero-order chi connectivity index (χ0) is 25.8. The topological polar surface area (TPSA) is 55.4 Å². The maximum absolute atomic E-state index is 13.4. The van der Waals surface area contributed by atoms with Gasteiger partial charge in [-0.2, -0.15) is 8.42 Å². The average molecular weight is 508 g/mol. The zero-order valence-electron chi connectivity index (χ0n) is 20.8. The molecular formula is C32H29NO3S. The molecule has 0 aliphatic heterocycles. The lowest BCUT2D eigenvalue weighted by atomic mass is 9.91. The predicted molar refractivity (Wildman–Crippen MR) is 149 cm³/mol. The molecule has 5 aromatic carbocycles. The van der Waals surface area contributed by atoms with Gasteiger partial charge in [-0.3, -0.25) is 5.32 Å². The first-order valence-corrected chi connectivity index (χ1v) is 13.7. The van der Waals surface area contributed by atoms with E-state index in [0.717, 1.165) is 33.0 Å². The first kappa shape index (κ1) is 24.8. The number of fused-ring (bicyclic) bond motifs is 1. The van der Waals surface area contributed by atoms with Crippen LogP contribution >= 0.6 is 0 Å². The molecule has 0 saturated carbocycles. The quantitative estimate of drug-likeness (QED) is 0.223. The highest BCUT2D eigenvalue weighted by molar-refractivity contribution is 7.87. The molecule has 0 saturated heterocycles. The molecule has 186 valence electrons. The Hall–Kier alpha value is -3.93. The number of hydrogen-bond acceptors (Lipinski definition) is 4. The molecule has 0 radical (unpaired) electrons. The molecule has 1 N–H and O–H groups in total. The summed E-state index contributed by atoms with van der Waals surface area (Å²) in [7, 11) is -4.05. The van der Waals surface area contributed by atoms with Crippen molar-refractivity contribution in [1.29, 1.82) is 0 Å². The van der Waals surface area contributed by atoms with Crippen LogP contribution in [0.3, 0.4) is 0 Å². The standard InChI is InChI=1S/C32H29NO3S/c1-23-17-20-28(21-18-23)37(34,35)36-30-22-19-26-13-9-10-16-29(26)31(30)32(27-14-7-4-8-15-27)33-24(2)25-11-5-3-6-12-25/h3-22,24,32-33H,1-2H3/t24-,32-/m0/s1. The smallest absolute Gasteiger partial charge is 0.339 e. The molecule has 0 aliphatic rings. The third kappa shape index (κ3) is 5.43. The molecule has 5 aromatic rings. The fourth-order valence-corrected chi connectivity index (χ4v) is 5.54. The molecular weight excluding hydrogens is 478 g/mol. The molecule has 0 aliphatic carbocycles. The van der Waals surface area contributed by atoms with E-state index < -0.39 is 10.1 Å². The zero-order valence-corrected chi connectivity index (χ0v) is 21.7. The van der Waals surface area contributed by atoms with Gasteiger partial charge in [-0.05, 0) is 53.9 Å². The van der Waals surface area contributed by atoms with Gasteiger partial charge in [-0.15, -0.1) is 0 Å². The van der Waals surface area contributed by atoms with Crippen molar-refractivity contribution in [3.63, 3.8) is 0 Å². The second kappa shape index (κ2) is 10.6. The third-order valence-corrected chi connectivity index (χ3v) is 7.83. The first-order valence-electron chi connectivity index (χ1n) is 12.3. The minimum atomic E-state index is -4.05. The van der Waals surface area contributed by atoms with Crippen LogP contribution in [-0.2, 0) is 10.1 Å². The van der Waals surface area contributed by atoms with E-state index >= 15 is 0 Å². The van der Waals surface area contributed by atoms with E-state index in [9.17, 15) is 8.42 Å². The van der Waals surface area contributed by atoms with Crippen LogP contribution < -0.4 is 9.50 Å². The Morgan fingerprint density at radius 2 is 1.27 bits per heavy atom. The lowest BCUT2D eigenvalue weighted by Crippen LogP contribution is -2.27. The van der Waals surface area contributed by atoms with E-state index in [4.69, 9.17) is 4.18 Å². The summed E-state index contributed by atoms with van der Waals surface area (Å²) >= 11 is 0. The lowest BCUT2D eigenvalue weighted by Gasteiger charge is -2.27. The van der Waals surface area contributed by atoms with Gasteiger partial charge < -0.3 is 4.18 Å². The van der Waals surface area contributed by atoms with Gasteiger partial charge in [0.2, 0.25) is 0 Å². The second-order valence-corrected chi connectivity index (χ2v) is 10.7. The van der Waals surface area contributed by atoms with Crippen LogP contribution in [0.15, 0.2) is 126 Å². The number of benzene rings is 5. The summed E-state index contributed by atoms with van der Waals surface area (Å²) in [6.07, 6.45) is 0. The van der Waals surface area contributed by atoms with Gasteiger partial charge in [0, 0.05) is 11.6 Å². The van der Waals surface area contributed by atoms with Gasteiger partial charge in [0.1, 0.15) is 10.6 Å². The average Bonchev–Trinajstić information content (AvgIpc) is 2.93. The second-order valence-electron chi connectivity index (χ2n) is 9.19. The van der Waals surface area contributed by atoms with Gasteiger partial charge >= 0.3 is 10.1 Å².